The molecule has 1 unspecified atom stereocenters. The van der Waals surface area contributed by atoms with E-state index in [-0.39, 0.29) is 12.5 Å². The van der Waals surface area contributed by atoms with Crippen molar-refractivity contribution < 1.29 is 9.90 Å². The van der Waals surface area contributed by atoms with Gasteiger partial charge in [-0.15, -0.1) is 11.3 Å². The van der Waals surface area contributed by atoms with Crippen LogP contribution in [0.3, 0.4) is 0 Å². The molecule has 3 N–H and O–H groups in total. The lowest BCUT2D eigenvalue weighted by Gasteiger charge is -2.07. The van der Waals surface area contributed by atoms with Crippen LogP contribution < -0.4 is 5.73 Å². The fraction of sp³-hybridized carbons (Fsp3) is 0.444. The SMILES string of the molecule is NC(CCC(=O)O)Cc1cc(Br)c(Br)s1. The average molecular weight is 357 g/mol. The van der Waals surface area contributed by atoms with Gasteiger partial charge in [-0.2, -0.15) is 0 Å². The van der Waals surface area contributed by atoms with Crippen LogP contribution in [0.1, 0.15) is 17.7 Å². The van der Waals surface area contributed by atoms with Gasteiger partial charge in [0.05, 0.1) is 3.79 Å². The summed E-state index contributed by atoms with van der Waals surface area (Å²) in [7, 11) is 0. The first kappa shape index (κ1) is 13.2. The first-order chi connectivity index (χ1) is 6.99. The topological polar surface area (TPSA) is 63.3 Å². The fourth-order valence-electron chi connectivity index (χ4n) is 1.16. The van der Waals surface area contributed by atoms with Crippen molar-refractivity contribution in [3.8, 4) is 0 Å². The van der Waals surface area contributed by atoms with Crippen molar-refractivity contribution in [2.24, 2.45) is 5.73 Å². The number of nitrogens with two attached hydrogens (primary N) is 1. The van der Waals surface area contributed by atoms with E-state index in [2.05, 4.69) is 31.9 Å². The molecule has 0 aliphatic heterocycles. The molecule has 0 saturated heterocycles. The summed E-state index contributed by atoms with van der Waals surface area (Å²) < 4.78 is 2.07. The van der Waals surface area contributed by atoms with Crippen LogP contribution in [0.25, 0.3) is 0 Å². The Morgan fingerprint density at radius 2 is 2.27 bits per heavy atom. The summed E-state index contributed by atoms with van der Waals surface area (Å²) in [6, 6.07) is 1.92. The van der Waals surface area contributed by atoms with Gasteiger partial charge in [-0.25, -0.2) is 0 Å². The molecule has 1 aromatic heterocycles. The van der Waals surface area contributed by atoms with Gasteiger partial charge >= 0.3 is 5.97 Å². The number of carboxylic acid groups (broad SMARTS) is 1. The number of hydrogen-bond donors (Lipinski definition) is 2. The lowest BCUT2D eigenvalue weighted by Crippen LogP contribution is -2.23. The van der Waals surface area contributed by atoms with Crippen LogP contribution >= 0.6 is 43.2 Å². The lowest BCUT2D eigenvalue weighted by molar-refractivity contribution is -0.137. The number of rotatable bonds is 5. The van der Waals surface area contributed by atoms with Crippen LogP contribution in [-0.2, 0) is 11.2 Å². The zero-order valence-corrected chi connectivity index (χ0v) is 11.9. The Morgan fingerprint density at radius 1 is 1.60 bits per heavy atom. The van der Waals surface area contributed by atoms with Gasteiger partial charge in [0.1, 0.15) is 0 Å². The van der Waals surface area contributed by atoms with Crippen LogP contribution in [0.5, 0.6) is 0 Å². The first-order valence-electron chi connectivity index (χ1n) is 4.40. The van der Waals surface area contributed by atoms with E-state index in [0.29, 0.717) is 6.42 Å². The number of carboxylic acids is 1. The molecule has 1 rings (SSSR count). The molecule has 0 fully saturated rings. The van der Waals surface area contributed by atoms with Crippen LogP contribution in [-0.4, -0.2) is 17.1 Å². The molecule has 0 aromatic carbocycles. The van der Waals surface area contributed by atoms with Crippen LogP contribution in [0.2, 0.25) is 0 Å². The highest BCUT2D eigenvalue weighted by Gasteiger charge is 2.10. The van der Waals surface area contributed by atoms with Crippen molar-refractivity contribution in [3.63, 3.8) is 0 Å². The molecule has 0 radical (unpaired) electrons. The number of aliphatic carboxylic acids is 1. The van der Waals surface area contributed by atoms with E-state index in [1.807, 2.05) is 6.07 Å². The normalized spacial score (nSPS) is 12.7. The third kappa shape index (κ3) is 4.63. The fourth-order valence-corrected chi connectivity index (χ4v) is 3.43. The Labute approximate surface area is 109 Å². The van der Waals surface area contributed by atoms with Gasteiger partial charge in [0, 0.05) is 21.8 Å². The van der Waals surface area contributed by atoms with E-state index in [4.69, 9.17) is 10.8 Å². The molecule has 1 atom stereocenters. The van der Waals surface area contributed by atoms with E-state index >= 15 is 0 Å². The second-order valence-corrected chi connectivity index (χ2v) is 6.54. The monoisotopic (exact) mass is 355 g/mol. The molecule has 0 amide bonds. The van der Waals surface area contributed by atoms with Gasteiger partial charge in [-0.05, 0) is 50.8 Å². The van der Waals surface area contributed by atoms with E-state index in [1.165, 1.54) is 0 Å². The highest BCUT2D eigenvalue weighted by Crippen LogP contribution is 2.32. The van der Waals surface area contributed by atoms with Gasteiger partial charge in [-0.3, -0.25) is 4.79 Å². The Bertz CT molecular complexity index is 334. The number of halogens is 2. The zero-order chi connectivity index (χ0) is 11.4. The molecule has 0 aliphatic rings. The number of thiophene rings is 1. The Balaban J connectivity index is 2.44. The van der Waals surface area contributed by atoms with Gasteiger partial charge in [-0.1, -0.05) is 0 Å². The summed E-state index contributed by atoms with van der Waals surface area (Å²) in [6.07, 6.45) is 1.37. The van der Waals surface area contributed by atoms with E-state index < -0.39 is 5.97 Å². The molecule has 1 heterocycles. The van der Waals surface area contributed by atoms with Gasteiger partial charge < -0.3 is 10.8 Å². The molecule has 84 valence electrons. The molecule has 15 heavy (non-hydrogen) atoms. The summed E-state index contributed by atoms with van der Waals surface area (Å²) in [5.74, 6) is -0.793. The predicted molar refractivity (Wildman–Crippen MR) is 68.3 cm³/mol. The molecule has 6 heteroatoms. The van der Waals surface area contributed by atoms with Crippen molar-refractivity contribution >= 4 is 49.2 Å². The molecule has 0 saturated carbocycles. The summed E-state index contributed by atoms with van der Waals surface area (Å²) in [4.78, 5) is 11.5. The predicted octanol–water partition coefficient (Wildman–Crippen LogP) is 3.01. The largest absolute Gasteiger partial charge is 0.481 e. The van der Waals surface area contributed by atoms with Crippen molar-refractivity contribution in [2.75, 3.05) is 0 Å². The highest BCUT2D eigenvalue weighted by molar-refractivity contribution is 9.13. The van der Waals surface area contributed by atoms with Crippen LogP contribution in [0, 0.1) is 0 Å². The molecule has 1 aromatic rings. The molecule has 0 spiro atoms. The maximum absolute atomic E-state index is 10.3. The number of hydrogen-bond acceptors (Lipinski definition) is 3. The van der Waals surface area contributed by atoms with E-state index in [9.17, 15) is 4.79 Å². The maximum atomic E-state index is 10.3. The second-order valence-electron chi connectivity index (χ2n) is 3.23. The summed E-state index contributed by atoms with van der Waals surface area (Å²) in [5.41, 5.74) is 5.83. The third-order valence-electron chi connectivity index (χ3n) is 1.89. The number of carbonyl (C=O) groups is 1. The van der Waals surface area contributed by atoms with Crippen molar-refractivity contribution in [1.82, 2.24) is 0 Å². The molecule has 0 aliphatic carbocycles. The van der Waals surface area contributed by atoms with Crippen LogP contribution in [0.4, 0.5) is 0 Å². The Kier molecular flexibility index (Phi) is 5.25. The smallest absolute Gasteiger partial charge is 0.303 e. The standard InChI is InChI=1S/C9H11Br2NO2S/c10-7-4-6(15-9(7)11)3-5(12)1-2-8(13)14/h4-5H,1-3,12H2,(H,13,14). The summed E-state index contributed by atoms with van der Waals surface area (Å²) in [5, 5.41) is 8.51. The highest BCUT2D eigenvalue weighted by atomic mass is 79.9. The Morgan fingerprint density at radius 3 is 2.73 bits per heavy atom. The van der Waals surface area contributed by atoms with E-state index in [0.717, 1.165) is 19.6 Å². The third-order valence-corrected chi connectivity index (χ3v) is 5.17. The van der Waals surface area contributed by atoms with Crippen LogP contribution in [0.15, 0.2) is 14.3 Å². The van der Waals surface area contributed by atoms with Gasteiger partial charge in [0.25, 0.3) is 0 Å². The molecule has 3 nitrogen and oxygen atoms in total. The van der Waals surface area contributed by atoms with Crippen molar-refractivity contribution in [1.29, 1.82) is 0 Å². The summed E-state index contributed by atoms with van der Waals surface area (Å²) in [6.45, 7) is 0. The van der Waals surface area contributed by atoms with Crippen molar-refractivity contribution in [2.45, 2.75) is 25.3 Å². The molecule has 0 bridgehead atoms. The minimum atomic E-state index is -0.793. The lowest BCUT2D eigenvalue weighted by atomic mass is 10.1. The second kappa shape index (κ2) is 5.98. The average Bonchev–Trinajstić information content (AvgIpc) is 2.42. The molecular formula is C9H11Br2NO2S. The minimum Gasteiger partial charge on any atom is -0.481 e. The quantitative estimate of drug-likeness (QED) is 0.852. The minimum absolute atomic E-state index is 0.0847. The van der Waals surface area contributed by atoms with Gasteiger partial charge in [0.15, 0.2) is 0 Å². The molecular weight excluding hydrogens is 346 g/mol. The van der Waals surface area contributed by atoms with Gasteiger partial charge in [0.2, 0.25) is 0 Å². The van der Waals surface area contributed by atoms with E-state index in [1.54, 1.807) is 11.3 Å². The maximum Gasteiger partial charge on any atom is 0.303 e. The summed E-state index contributed by atoms with van der Waals surface area (Å²) >= 11 is 8.42. The zero-order valence-electron chi connectivity index (χ0n) is 7.87. The first-order valence-corrected chi connectivity index (χ1v) is 6.80. The van der Waals surface area contributed by atoms with Crippen molar-refractivity contribution in [3.05, 3.63) is 19.2 Å². The Hall–Kier alpha value is 0.0900.